The zero-order valence-corrected chi connectivity index (χ0v) is 15.4. The van der Waals surface area contributed by atoms with Gasteiger partial charge in [-0.2, -0.15) is 0 Å². The fourth-order valence-electron chi connectivity index (χ4n) is 2.27. The molecule has 7 nitrogen and oxygen atoms in total. The van der Waals surface area contributed by atoms with E-state index >= 15 is 0 Å². The van der Waals surface area contributed by atoms with E-state index in [1.807, 2.05) is 20.8 Å². The molecule has 0 aliphatic heterocycles. The van der Waals surface area contributed by atoms with Gasteiger partial charge >= 0.3 is 0 Å². The zero-order chi connectivity index (χ0) is 19.4. The molecule has 0 bridgehead atoms. The number of imidazole rings is 1. The summed E-state index contributed by atoms with van der Waals surface area (Å²) in [4.78, 5) is 32.9. The van der Waals surface area contributed by atoms with Crippen molar-refractivity contribution in [1.82, 2.24) is 14.5 Å². The van der Waals surface area contributed by atoms with Crippen LogP contribution in [0.15, 0.2) is 61.3 Å². The van der Waals surface area contributed by atoms with Crippen LogP contribution in [-0.4, -0.2) is 26.3 Å². The van der Waals surface area contributed by atoms with Gasteiger partial charge in [0.2, 0.25) is 5.91 Å². The summed E-state index contributed by atoms with van der Waals surface area (Å²) in [5.41, 5.74) is 1.09. The molecular weight excluding hydrogens is 342 g/mol. The van der Waals surface area contributed by atoms with Crippen molar-refractivity contribution in [1.29, 1.82) is 0 Å². The molecule has 2 amide bonds. The highest BCUT2D eigenvalue weighted by molar-refractivity contribution is 6.05. The molecule has 0 aliphatic carbocycles. The number of benzene rings is 1. The van der Waals surface area contributed by atoms with Gasteiger partial charge in [-0.25, -0.2) is 9.97 Å². The molecular formula is C20H21N5O2. The molecule has 0 atom stereocenters. The molecule has 2 aromatic heterocycles. The van der Waals surface area contributed by atoms with Crippen LogP contribution < -0.4 is 10.6 Å². The number of nitrogens with one attached hydrogen (secondary N) is 2. The third kappa shape index (κ3) is 4.58. The highest BCUT2D eigenvalue weighted by atomic mass is 16.2. The molecule has 7 heteroatoms. The minimum absolute atomic E-state index is 0.112. The number of aromatic nitrogens is 3. The van der Waals surface area contributed by atoms with Gasteiger partial charge in [0.15, 0.2) is 0 Å². The first-order chi connectivity index (χ1) is 12.8. The molecule has 0 aliphatic rings. The number of hydrogen-bond donors (Lipinski definition) is 2. The second-order valence-corrected chi connectivity index (χ2v) is 7.11. The Labute approximate surface area is 157 Å². The van der Waals surface area contributed by atoms with Gasteiger partial charge in [0.1, 0.15) is 12.1 Å². The van der Waals surface area contributed by atoms with Crippen molar-refractivity contribution < 1.29 is 9.59 Å². The second kappa shape index (κ2) is 7.41. The number of pyridine rings is 1. The number of rotatable bonds is 4. The van der Waals surface area contributed by atoms with Gasteiger partial charge in [0.05, 0.1) is 11.9 Å². The number of nitrogens with zero attached hydrogens (tertiary/aromatic N) is 3. The lowest BCUT2D eigenvalue weighted by molar-refractivity contribution is -0.123. The van der Waals surface area contributed by atoms with Crippen LogP contribution in [0.25, 0.3) is 5.82 Å². The van der Waals surface area contributed by atoms with Crippen molar-refractivity contribution in [3.63, 3.8) is 0 Å². The molecule has 138 valence electrons. The highest BCUT2D eigenvalue weighted by Gasteiger charge is 2.21. The largest absolute Gasteiger partial charge is 0.326 e. The van der Waals surface area contributed by atoms with Gasteiger partial charge in [-0.3, -0.25) is 14.2 Å². The molecule has 0 saturated carbocycles. The first-order valence-electron chi connectivity index (χ1n) is 8.50. The van der Waals surface area contributed by atoms with Crippen molar-refractivity contribution in [3.05, 3.63) is 66.9 Å². The first-order valence-corrected chi connectivity index (χ1v) is 8.50. The minimum Gasteiger partial charge on any atom is -0.326 e. The summed E-state index contributed by atoms with van der Waals surface area (Å²) >= 11 is 0. The maximum atomic E-state index is 12.5. The van der Waals surface area contributed by atoms with Crippen LogP contribution in [0.4, 0.5) is 11.4 Å². The average molecular weight is 363 g/mol. The molecule has 0 saturated heterocycles. The van der Waals surface area contributed by atoms with Crippen LogP contribution in [0.5, 0.6) is 0 Å². The summed E-state index contributed by atoms with van der Waals surface area (Å²) in [6, 6.07) is 10.4. The van der Waals surface area contributed by atoms with Crippen LogP contribution in [-0.2, 0) is 4.79 Å². The molecule has 0 fully saturated rings. The summed E-state index contributed by atoms with van der Waals surface area (Å²) < 4.78 is 1.77. The lowest BCUT2D eigenvalue weighted by atomic mass is 9.95. The highest BCUT2D eigenvalue weighted by Crippen LogP contribution is 2.19. The Bertz CT molecular complexity index is 941. The van der Waals surface area contributed by atoms with Crippen molar-refractivity contribution in [2.24, 2.45) is 5.41 Å². The smallest absolute Gasteiger partial charge is 0.255 e. The van der Waals surface area contributed by atoms with Gasteiger partial charge in [0.25, 0.3) is 5.91 Å². The molecule has 0 unspecified atom stereocenters. The van der Waals surface area contributed by atoms with Gasteiger partial charge in [0, 0.05) is 29.1 Å². The van der Waals surface area contributed by atoms with Gasteiger partial charge in [-0.05, 0) is 30.3 Å². The van der Waals surface area contributed by atoms with Gasteiger partial charge in [-0.1, -0.05) is 26.8 Å². The third-order valence-electron chi connectivity index (χ3n) is 3.84. The number of amides is 2. The van der Waals surface area contributed by atoms with E-state index in [1.165, 1.54) is 0 Å². The lowest BCUT2D eigenvalue weighted by Gasteiger charge is -2.18. The normalized spacial score (nSPS) is 11.1. The Morgan fingerprint density at radius 3 is 2.48 bits per heavy atom. The molecule has 27 heavy (non-hydrogen) atoms. The molecule has 3 rings (SSSR count). The monoisotopic (exact) mass is 363 g/mol. The fraction of sp³-hybridized carbons (Fsp3) is 0.200. The SMILES string of the molecule is CC(C)(C)C(=O)Nc1cccc(C(=O)Nc2ccc(-n3ccnc3)nc2)c1. The molecule has 1 aromatic carbocycles. The summed E-state index contributed by atoms with van der Waals surface area (Å²) in [5.74, 6) is 0.316. The zero-order valence-electron chi connectivity index (χ0n) is 15.4. The van der Waals surface area contributed by atoms with E-state index in [2.05, 4.69) is 20.6 Å². The van der Waals surface area contributed by atoms with Crippen LogP contribution in [0.1, 0.15) is 31.1 Å². The van der Waals surface area contributed by atoms with Crippen molar-refractivity contribution >= 4 is 23.2 Å². The fourth-order valence-corrected chi connectivity index (χ4v) is 2.27. The Morgan fingerprint density at radius 1 is 1.04 bits per heavy atom. The van der Waals surface area contributed by atoms with Gasteiger partial charge < -0.3 is 10.6 Å². The number of hydrogen-bond acceptors (Lipinski definition) is 4. The molecule has 0 radical (unpaired) electrons. The Kier molecular flexibility index (Phi) is 5.03. The summed E-state index contributed by atoms with van der Waals surface area (Å²) in [6.45, 7) is 5.50. The molecule has 0 spiro atoms. The Balaban J connectivity index is 1.69. The van der Waals surface area contributed by atoms with E-state index in [-0.39, 0.29) is 11.8 Å². The minimum atomic E-state index is -0.513. The van der Waals surface area contributed by atoms with Gasteiger partial charge in [-0.15, -0.1) is 0 Å². The summed E-state index contributed by atoms with van der Waals surface area (Å²) in [7, 11) is 0. The topological polar surface area (TPSA) is 88.9 Å². The predicted molar refractivity (Wildman–Crippen MR) is 104 cm³/mol. The van der Waals surface area contributed by atoms with Crippen LogP contribution in [0.2, 0.25) is 0 Å². The second-order valence-electron chi connectivity index (χ2n) is 7.11. The Hall–Kier alpha value is -3.48. The molecule has 2 N–H and O–H groups in total. The predicted octanol–water partition coefficient (Wildman–Crippen LogP) is 3.50. The van der Waals surface area contributed by atoms with Crippen molar-refractivity contribution in [2.75, 3.05) is 10.6 Å². The van der Waals surface area contributed by atoms with Crippen LogP contribution >= 0.6 is 0 Å². The van der Waals surface area contributed by atoms with E-state index < -0.39 is 5.41 Å². The molecule has 3 aromatic rings. The molecule has 2 heterocycles. The Morgan fingerprint density at radius 2 is 1.85 bits per heavy atom. The van der Waals surface area contributed by atoms with E-state index in [0.717, 1.165) is 0 Å². The quantitative estimate of drug-likeness (QED) is 0.742. The average Bonchev–Trinajstić information content (AvgIpc) is 3.16. The van der Waals surface area contributed by atoms with E-state index in [0.29, 0.717) is 22.8 Å². The third-order valence-corrected chi connectivity index (χ3v) is 3.84. The van der Waals surface area contributed by atoms with E-state index in [4.69, 9.17) is 0 Å². The van der Waals surface area contributed by atoms with E-state index in [1.54, 1.807) is 65.9 Å². The van der Waals surface area contributed by atoms with E-state index in [9.17, 15) is 9.59 Å². The van der Waals surface area contributed by atoms with Crippen molar-refractivity contribution in [3.8, 4) is 5.82 Å². The first kappa shape index (κ1) is 18.3. The van der Waals surface area contributed by atoms with Crippen molar-refractivity contribution in [2.45, 2.75) is 20.8 Å². The number of carbonyl (C=O) groups excluding carboxylic acids is 2. The number of anilines is 2. The maximum Gasteiger partial charge on any atom is 0.255 e. The number of carbonyl (C=O) groups is 2. The van der Waals surface area contributed by atoms with Crippen LogP contribution in [0, 0.1) is 5.41 Å². The summed E-state index contributed by atoms with van der Waals surface area (Å²) in [6.07, 6.45) is 6.69. The standard InChI is InChI=1S/C20H21N5O2/c1-20(2,3)19(27)24-15-6-4-5-14(11-15)18(26)23-16-7-8-17(22-12-16)25-10-9-21-13-25/h4-13H,1-3H3,(H,23,26)(H,24,27). The lowest BCUT2D eigenvalue weighted by Crippen LogP contribution is -2.27. The van der Waals surface area contributed by atoms with Crippen LogP contribution in [0.3, 0.4) is 0 Å². The maximum absolute atomic E-state index is 12.5. The summed E-state index contributed by atoms with van der Waals surface area (Å²) in [5, 5.41) is 5.63.